The summed E-state index contributed by atoms with van der Waals surface area (Å²) in [7, 11) is 0. The third kappa shape index (κ3) is 2.90. The van der Waals surface area contributed by atoms with E-state index in [0.717, 1.165) is 23.9 Å². The van der Waals surface area contributed by atoms with Crippen molar-refractivity contribution in [2.45, 2.75) is 38.8 Å². The molecule has 0 aromatic rings. The van der Waals surface area contributed by atoms with Gasteiger partial charge in [0, 0.05) is 18.7 Å². The molecule has 1 saturated heterocycles. The van der Waals surface area contributed by atoms with Gasteiger partial charge in [-0.1, -0.05) is 25.6 Å². The van der Waals surface area contributed by atoms with Gasteiger partial charge in [-0.05, 0) is 12.3 Å². The van der Waals surface area contributed by atoms with Crippen molar-refractivity contribution in [3.05, 3.63) is 0 Å². The van der Waals surface area contributed by atoms with E-state index in [2.05, 4.69) is 24.5 Å². The normalized spacial score (nSPS) is 30.2. The Morgan fingerprint density at radius 3 is 3.00 bits per heavy atom. The number of nitrogens with one attached hydrogen (secondary N) is 2. The first-order chi connectivity index (χ1) is 7.65. The lowest BCUT2D eigenvalue weighted by molar-refractivity contribution is -0.119. The van der Waals surface area contributed by atoms with Gasteiger partial charge in [0.15, 0.2) is 5.17 Å². The molecule has 0 radical (unpaired) electrons. The molecule has 2 aliphatic heterocycles. The Hall–Kier alpha value is -0.710. The molecule has 2 heterocycles. The van der Waals surface area contributed by atoms with Crippen LogP contribution < -0.4 is 10.6 Å². The largest absolute Gasteiger partial charge is 0.360 e. The fourth-order valence-corrected chi connectivity index (χ4v) is 2.98. The van der Waals surface area contributed by atoms with Crippen LogP contribution in [0.5, 0.6) is 0 Å². The van der Waals surface area contributed by atoms with Gasteiger partial charge < -0.3 is 10.6 Å². The number of amidine groups is 1. The van der Waals surface area contributed by atoms with Crippen molar-refractivity contribution in [1.29, 1.82) is 0 Å². The summed E-state index contributed by atoms with van der Waals surface area (Å²) < 4.78 is 0. The molecule has 1 fully saturated rings. The first kappa shape index (κ1) is 11.8. The molecule has 2 aliphatic rings. The van der Waals surface area contributed by atoms with Crippen molar-refractivity contribution < 1.29 is 4.79 Å². The summed E-state index contributed by atoms with van der Waals surface area (Å²) in [5.74, 6) is 1.86. The van der Waals surface area contributed by atoms with E-state index < -0.39 is 0 Å². The minimum atomic E-state index is 0.138. The number of nitrogens with zero attached hydrogens (tertiary/aromatic N) is 1. The number of amides is 1. The maximum absolute atomic E-state index is 11.1. The van der Waals surface area contributed by atoms with Crippen molar-refractivity contribution >= 4 is 22.8 Å². The van der Waals surface area contributed by atoms with Gasteiger partial charge in [0.05, 0.1) is 12.1 Å². The molecule has 2 atom stereocenters. The highest BCUT2D eigenvalue weighted by Crippen LogP contribution is 2.22. The van der Waals surface area contributed by atoms with Crippen molar-refractivity contribution in [2.75, 3.05) is 12.3 Å². The van der Waals surface area contributed by atoms with E-state index in [1.165, 1.54) is 0 Å². The molecule has 1 amide bonds. The predicted molar refractivity (Wildman–Crippen MR) is 67.7 cm³/mol. The van der Waals surface area contributed by atoms with Crippen LogP contribution in [0.1, 0.15) is 26.7 Å². The first-order valence-corrected chi connectivity index (χ1v) is 6.87. The molecule has 2 unspecified atom stereocenters. The van der Waals surface area contributed by atoms with Crippen LogP contribution in [-0.4, -0.2) is 35.5 Å². The van der Waals surface area contributed by atoms with Gasteiger partial charge in [0.2, 0.25) is 5.91 Å². The number of hydrogen-bond donors (Lipinski definition) is 2. The van der Waals surface area contributed by atoms with Crippen LogP contribution in [0.2, 0.25) is 0 Å². The SMILES string of the molecule is CC(C)C1CCSC(NC2CNC(=O)C2)=N1. The Kier molecular flexibility index (Phi) is 3.74. The lowest BCUT2D eigenvalue weighted by Gasteiger charge is -2.24. The van der Waals surface area contributed by atoms with Gasteiger partial charge in [0.1, 0.15) is 0 Å². The van der Waals surface area contributed by atoms with Crippen LogP contribution in [0, 0.1) is 5.92 Å². The number of aliphatic imine (C=N–C) groups is 1. The van der Waals surface area contributed by atoms with Gasteiger partial charge >= 0.3 is 0 Å². The summed E-state index contributed by atoms with van der Waals surface area (Å²) in [5.41, 5.74) is 0. The van der Waals surface area contributed by atoms with E-state index in [9.17, 15) is 4.79 Å². The number of carbonyl (C=O) groups excluding carboxylic acids is 1. The van der Waals surface area contributed by atoms with Gasteiger partial charge in [-0.2, -0.15) is 0 Å². The van der Waals surface area contributed by atoms with Crippen LogP contribution in [-0.2, 0) is 4.79 Å². The van der Waals surface area contributed by atoms with Gasteiger partial charge in [-0.25, -0.2) is 0 Å². The first-order valence-electron chi connectivity index (χ1n) is 5.89. The molecule has 2 N–H and O–H groups in total. The fourth-order valence-electron chi connectivity index (χ4n) is 1.97. The Labute approximate surface area is 101 Å². The molecule has 0 aromatic heterocycles. The molecular formula is C11H19N3OS. The number of thioether (sulfide) groups is 1. The van der Waals surface area contributed by atoms with Crippen molar-refractivity contribution in [2.24, 2.45) is 10.9 Å². The van der Waals surface area contributed by atoms with E-state index in [1.54, 1.807) is 11.8 Å². The minimum Gasteiger partial charge on any atom is -0.360 e. The van der Waals surface area contributed by atoms with Crippen LogP contribution in [0.25, 0.3) is 0 Å². The molecule has 90 valence electrons. The summed E-state index contributed by atoms with van der Waals surface area (Å²) >= 11 is 1.77. The summed E-state index contributed by atoms with van der Waals surface area (Å²) in [5, 5.41) is 7.21. The summed E-state index contributed by atoms with van der Waals surface area (Å²) in [4.78, 5) is 15.8. The third-order valence-electron chi connectivity index (χ3n) is 3.01. The quantitative estimate of drug-likeness (QED) is 0.758. The zero-order valence-corrected chi connectivity index (χ0v) is 10.6. The smallest absolute Gasteiger partial charge is 0.222 e. The van der Waals surface area contributed by atoms with Crippen LogP contribution in [0.15, 0.2) is 4.99 Å². The number of rotatable bonds is 2. The average molecular weight is 241 g/mol. The minimum absolute atomic E-state index is 0.138. The summed E-state index contributed by atoms with van der Waals surface area (Å²) in [6.45, 7) is 5.15. The van der Waals surface area contributed by atoms with E-state index in [1.807, 2.05) is 0 Å². The van der Waals surface area contributed by atoms with E-state index in [-0.39, 0.29) is 11.9 Å². The highest BCUT2D eigenvalue weighted by Gasteiger charge is 2.24. The van der Waals surface area contributed by atoms with Crippen LogP contribution in [0.3, 0.4) is 0 Å². The van der Waals surface area contributed by atoms with Gasteiger partial charge in [0.25, 0.3) is 0 Å². The van der Waals surface area contributed by atoms with Gasteiger partial charge in [-0.3, -0.25) is 9.79 Å². The molecule has 5 heteroatoms. The highest BCUT2D eigenvalue weighted by molar-refractivity contribution is 8.13. The van der Waals surface area contributed by atoms with E-state index in [4.69, 9.17) is 4.99 Å². The lowest BCUT2D eigenvalue weighted by atomic mass is 10.0. The Morgan fingerprint density at radius 1 is 1.56 bits per heavy atom. The fraction of sp³-hybridized carbons (Fsp3) is 0.818. The van der Waals surface area contributed by atoms with Crippen LogP contribution in [0.4, 0.5) is 0 Å². The second-order valence-corrected chi connectivity index (χ2v) is 5.82. The molecule has 16 heavy (non-hydrogen) atoms. The number of carbonyl (C=O) groups is 1. The van der Waals surface area contributed by atoms with Crippen LogP contribution >= 0.6 is 11.8 Å². The van der Waals surface area contributed by atoms with E-state index in [0.29, 0.717) is 18.4 Å². The van der Waals surface area contributed by atoms with Gasteiger partial charge in [-0.15, -0.1) is 0 Å². The molecule has 0 spiro atoms. The molecule has 4 nitrogen and oxygen atoms in total. The molecular weight excluding hydrogens is 222 g/mol. The third-order valence-corrected chi connectivity index (χ3v) is 3.95. The van der Waals surface area contributed by atoms with E-state index >= 15 is 0 Å². The average Bonchev–Trinajstić information content (AvgIpc) is 2.64. The zero-order valence-electron chi connectivity index (χ0n) is 9.82. The van der Waals surface area contributed by atoms with Crippen molar-refractivity contribution in [3.8, 4) is 0 Å². The Morgan fingerprint density at radius 2 is 2.38 bits per heavy atom. The Balaban J connectivity index is 1.91. The second kappa shape index (κ2) is 5.08. The van der Waals surface area contributed by atoms with Crippen molar-refractivity contribution in [1.82, 2.24) is 10.6 Å². The monoisotopic (exact) mass is 241 g/mol. The summed E-state index contributed by atoms with van der Waals surface area (Å²) in [6, 6.07) is 0.665. The molecule has 0 aliphatic carbocycles. The van der Waals surface area contributed by atoms with Crippen molar-refractivity contribution in [3.63, 3.8) is 0 Å². The highest BCUT2D eigenvalue weighted by atomic mass is 32.2. The molecule has 0 bridgehead atoms. The number of hydrogen-bond acceptors (Lipinski definition) is 4. The summed E-state index contributed by atoms with van der Waals surface area (Å²) in [6.07, 6.45) is 1.74. The second-order valence-electron chi connectivity index (χ2n) is 4.73. The zero-order chi connectivity index (χ0) is 11.5. The Bertz CT molecular complexity index is 304. The lowest BCUT2D eigenvalue weighted by Crippen LogP contribution is -2.37. The standard InChI is InChI=1S/C11H19N3OS/c1-7(2)9-3-4-16-11(14-9)13-8-5-10(15)12-6-8/h7-9H,3-6H2,1-2H3,(H,12,15)(H,13,14). The maximum Gasteiger partial charge on any atom is 0.222 e. The molecule has 0 aromatic carbocycles. The maximum atomic E-state index is 11.1. The molecule has 0 saturated carbocycles. The topological polar surface area (TPSA) is 53.5 Å². The molecule has 2 rings (SSSR count). The predicted octanol–water partition coefficient (Wildman–Crippen LogP) is 0.982.